The highest BCUT2D eigenvalue weighted by molar-refractivity contribution is 5.38. The van der Waals surface area contributed by atoms with Gasteiger partial charge in [0.1, 0.15) is 10.8 Å². The predicted octanol–water partition coefficient (Wildman–Crippen LogP) is -0.117. The Morgan fingerprint density at radius 1 is 1.16 bits per heavy atom. The molecule has 1 aromatic carbocycles. The minimum atomic E-state index is -1.14. The van der Waals surface area contributed by atoms with Crippen LogP contribution in [0.3, 0.4) is 0 Å². The third kappa shape index (κ3) is 3.29. The zero-order valence-corrected chi connectivity index (χ0v) is 9.91. The van der Waals surface area contributed by atoms with Gasteiger partial charge in [-0.25, -0.2) is 9.59 Å². The number of aromatic nitrogens is 1. The van der Waals surface area contributed by atoms with Crippen LogP contribution in [-0.4, -0.2) is 18.8 Å². The van der Waals surface area contributed by atoms with E-state index in [1.54, 1.807) is 31.4 Å². The molecular weight excluding hydrogens is 254 g/mol. The molecule has 0 atom stereocenters. The Morgan fingerprint density at radius 3 is 2.37 bits per heavy atom. The van der Waals surface area contributed by atoms with Crippen molar-refractivity contribution in [3.63, 3.8) is 0 Å². The first-order chi connectivity index (χ1) is 9.19. The molecule has 0 aliphatic carbocycles. The molecule has 0 saturated carbocycles. The minimum absolute atomic E-state index is 0.105. The van der Waals surface area contributed by atoms with Crippen molar-refractivity contribution in [1.82, 2.24) is 5.08 Å². The van der Waals surface area contributed by atoms with Gasteiger partial charge in [-0.2, -0.15) is 0 Å². The molecule has 1 heterocycles. The van der Waals surface area contributed by atoms with Crippen LogP contribution in [0.1, 0.15) is 5.56 Å². The molecule has 0 fully saturated rings. The Labute approximate surface area is 106 Å². The second-order valence-corrected chi connectivity index (χ2v) is 3.28. The lowest BCUT2D eigenvalue weighted by Gasteiger charge is -1.97. The summed E-state index contributed by atoms with van der Waals surface area (Å²) in [6.07, 6.45) is 0. The zero-order valence-electron chi connectivity index (χ0n) is 9.91. The van der Waals surface area contributed by atoms with Crippen molar-refractivity contribution in [3.05, 3.63) is 50.7 Å². The van der Waals surface area contributed by atoms with Crippen molar-refractivity contribution in [2.75, 3.05) is 13.7 Å². The van der Waals surface area contributed by atoms with Gasteiger partial charge < -0.3 is 9.57 Å². The van der Waals surface area contributed by atoms with Crippen molar-refractivity contribution < 1.29 is 18.6 Å². The van der Waals surface area contributed by atoms with Crippen LogP contribution >= 0.6 is 0 Å². The van der Waals surface area contributed by atoms with E-state index < -0.39 is 11.3 Å². The molecule has 0 aliphatic heterocycles. The van der Waals surface area contributed by atoms with E-state index in [4.69, 9.17) is 9.57 Å². The van der Waals surface area contributed by atoms with Gasteiger partial charge >= 0.3 is 11.3 Å². The third-order valence-electron chi connectivity index (χ3n) is 2.05. The highest BCUT2D eigenvalue weighted by atomic mass is 17.0. The Bertz CT molecular complexity index is 682. The standard InChI is InChI=1S/C12H9NO6/c1-16-10-6-4-9(5-7-10)3-2-8-17-13-18-11(14)12(15)19-13/h4-7H,8H2,1H3. The Hall–Kier alpha value is -2.88. The number of benzene rings is 1. The topological polar surface area (TPSA) is 83.8 Å². The molecule has 0 radical (unpaired) electrons. The third-order valence-corrected chi connectivity index (χ3v) is 2.05. The van der Waals surface area contributed by atoms with Crippen LogP contribution in [0.25, 0.3) is 0 Å². The van der Waals surface area contributed by atoms with Crippen LogP contribution in [0.2, 0.25) is 0 Å². The lowest BCUT2D eigenvalue weighted by Crippen LogP contribution is -2.14. The Kier molecular flexibility index (Phi) is 3.73. The molecule has 7 nitrogen and oxygen atoms in total. The number of rotatable bonds is 3. The normalized spacial score (nSPS) is 9.53. The van der Waals surface area contributed by atoms with Crippen LogP contribution in [0.5, 0.6) is 5.75 Å². The van der Waals surface area contributed by atoms with E-state index in [2.05, 4.69) is 20.9 Å². The molecule has 0 N–H and O–H groups in total. The number of hydrogen-bond acceptors (Lipinski definition) is 6. The fourth-order valence-electron chi connectivity index (χ4n) is 1.18. The molecule has 2 rings (SSSR count). The maximum Gasteiger partial charge on any atom is 0.449 e. The smallest absolute Gasteiger partial charge is 0.449 e. The van der Waals surface area contributed by atoms with Crippen molar-refractivity contribution in [1.29, 1.82) is 0 Å². The van der Waals surface area contributed by atoms with Gasteiger partial charge in [-0.15, -0.1) is 0 Å². The first kappa shape index (κ1) is 12.6. The van der Waals surface area contributed by atoms with Crippen molar-refractivity contribution in [3.8, 4) is 17.6 Å². The summed E-state index contributed by atoms with van der Waals surface area (Å²) in [6, 6.07) is 7.10. The summed E-state index contributed by atoms with van der Waals surface area (Å²) in [6.45, 7) is -0.105. The first-order valence-corrected chi connectivity index (χ1v) is 5.19. The number of nitrogens with zero attached hydrogens (tertiary/aromatic N) is 1. The van der Waals surface area contributed by atoms with E-state index in [9.17, 15) is 9.59 Å². The van der Waals surface area contributed by atoms with Crippen LogP contribution in [0.4, 0.5) is 0 Å². The van der Waals surface area contributed by atoms with E-state index in [-0.39, 0.29) is 6.61 Å². The van der Waals surface area contributed by atoms with E-state index in [0.29, 0.717) is 5.08 Å². The summed E-state index contributed by atoms with van der Waals surface area (Å²) >= 11 is 0. The molecule has 98 valence electrons. The van der Waals surface area contributed by atoms with Gasteiger partial charge in [0.15, 0.2) is 6.61 Å². The monoisotopic (exact) mass is 263 g/mol. The lowest BCUT2D eigenvalue weighted by molar-refractivity contribution is -0.135. The Morgan fingerprint density at radius 2 is 1.79 bits per heavy atom. The molecule has 0 saturated heterocycles. The largest absolute Gasteiger partial charge is 0.497 e. The van der Waals surface area contributed by atoms with Crippen LogP contribution < -0.4 is 20.8 Å². The van der Waals surface area contributed by atoms with Crippen molar-refractivity contribution in [2.45, 2.75) is 0 Å². The van der Waals surface area contributed by atoms with Gasteiger partial charge in [-0.05, 0) is 24.3 Å². The fraction of sp³-hybridized carbons (Fsp3) is 0.167. The van der Waals surface area contributed by atoms with Gasteiger partial charge in [0.05, 0.1) is 7.11 Å². The predicted molar refractivity (Wildman–Crippen MR) is 62.8 cm³/mol. The quantitative estimate of drug-likeness (QED) is 0.567. The molecule has 7 heteroatoms. The molecule has 19 heavy (non-hydrogen) atoms. The summed E-state index contributed by atoms with van der Waals surface area (Å²) in [4.78, 5) is 26.0. The molecule has 2 aromatic rings. The SMILES string of the molecule is COc1ccc(C#CCOn2oc(=O)c(=O)o2)cc1. The van der Waals surface area contributed by atoms with Crippen LogP contribution in [0.15, 0.2) is 42.9 Å². The fourth-order valence-corrected chi connectivity index (χ4v) is 1.18. The molecule has 0 amide bonds. The number of ether oxygens (including phenoxy) is 1. The average molecular weight is 263 g/mol. The highest BCUT2D eigenvalue weighted by Crippen LogP contribution is 2.09. The van der Waals surface area contributed by atoms with Crippen LogP contribution in [0, 0.1) is 11.8 Å². The van der Waals surface area contributed by atoms with Crippen LogP contribution in [-0.2, 0) is 0 Å². The van der Waals surface area contributed by atoms with E-state index >= 15 is 0 Å². The average Bonchev–Trinajstić information content (AvgIpc) is 2.74. The maximum absolute atomic E-state index is 10.6. The molecular formula is C12H9NO6. The lowest BCUT2D eigenvalue weighted by atomic mass is 10.2. The zero-order chi connectivity index (χ0) is 13.7. The van der Waals surface area contributed by atoms with E-state index in [1.807, 2.05) is 0 Å². The number of hydrogen-bond donors (Lipinski definition) is 0. The summed E-state index contributed by atoms with van der Waals surface area (Å²) in [5.41, 5.74) is -1.51. The highest BCUT2D eigenvalue weighted by Gasteiger charge is 2.03. The maximum atomic E-state index is 10.6. The van der Waals surface area contributed by atoms with Gasteiger partial charge in [0, 0.05) is 5.56 Å². The molecule has 0 aliphatic rings. The second-order valence-electron chi connectivity index (χ2n) is 3.28. The van der Waals surface area contributed by atoms with Gasteiger partial charge in [-0.1, -0.05) is 11.8 Å². The Balaban J connectivity index is 1.93. The van der Waals surface area contributed by atoms with Gasteiger partial charge in [0.25, 0.3) is 0 Å². The van der Waals surface area contributed by atoms with Crippen molar-refractivity contribution >= 4 is 0 Å². The molecule has 0 bridgehead atoms. The second kappa shape index (κ2) is 5.64. The van der Waals surface area contributed by atoms with E-state index in [0.717, 1.165) is 11.3 Å². The van der Waals surface area contributed by atoms with Gasteiger partial charge in [-0.3, -0.25) is 9.05 Å². The molecule has 1 aromatic heterocycles. The van der Waals surface area contributed by atoms with Crippen molar-refractivity contribution in [2.24, 2.45) is 0 Å². The summed E-state index contributed by atoms with van der Waals surface area (Å²) in [5, 5.41) is 0.327. The number of methoxy groups -OCH3 is 1. The first-order valence-electron chi connectivity index (χ1n) is 5.19. The minimum Gasteiger partial charge on any atom is -0.497 e. The van der Waals surface area contributed by atoms with Gasteiger partial charge in [0.2, 0.25) is 0 Å². The summed E-state index contributed by atoms with van der Waals surface area (Å²) < 4.78 is 13.6. The molecule has 0 unspecified atom stereocenters. The molecule has 0 spiro atoms. The summed E-state index contributed by atoms with van der Waals surface area (Å²) in [5.74, 6) is 6.20. The van der Waals surface area contributed by atoms with E-state index in [1.165, 1.54) is 0 Å². The summed E-state index contributed by atoms with van der Waals surface area (Å²) in [7, 11) is 1.58.